The van der Waals surface area contributed by atoms with Gasteiger partial charge in [-0.15, -0.1) is 11.3 Å². The van der Waals surface area contributed by atoms with Gasteiger partial charge in [0.2, 0.25) is 0 Å². The number of nitrogens with one attached hydrogen (secondary N) is 2. The van der Waals surface area contributed by atoms with Gasteiger partial charge in [0.05, 0.1) is 6.54 Å². The second-order valence-corrected chi connectivity index (χ2v) is 5.56. The zero-order chi connectivity index (χ0) is 15.1. The molecular weight excluding hydrogens is 280 g/mol. The van der Waals surface area contributed by atoms with Crippen LogP contribution in [0.15, 0.2) is 5.38 Å². The van der Waals surface area contributed by atoms with E-state index in [0.717, 1.165) is 6.54 Å². The van der Waals surface area contributed by atoms with E-state index in [0.29, 0.717) is 17.6 Å². The molecule has 8 heteroatoms. The van der Waals surface area contributed by atoms with Gasteiger partial charge >= 0.3 is 12.0 Å². The number of carboxylic acids is 1. The zero-order valence-corrected chi connectivity index (χ0v) is 12.7. The van der Waals surface area contributed by atoms with E-state index in [1.54, 1.807) is 0 Å². The molecule has 0 fully saturated rings. The highest BCUT2D eigenvalue weighted by Gasteiger charge is 2.09. The number of aromatic carboxylic acids is 1. The van der Waals surface area contributed by atoms with Crippen molar-refractivity contribution in [2.45, 2.75) is 26.4 Å². The Bertz CT molecular complexity index is 461. The molecule has 112 valence electrons. The van der Waals surface area contributed by atoms with Crippen LogP contribution in [0.3, 0.4) is 0 Å². The lowest BCUT2D eigenvalue weighted by Crippen LogP contribution is -2.40. The van der Waals surface area contributed by atoms with Crippen molar-refractivity contribution in [3.8, 4) is 0 Å². The van der Waals surface area contributed by atoms with E-state index < -0.39 is 5.97 Å². The molecule has 1 aromatic rings. The summed E-state index contributed by atoms with van der Waals surface area (Å²) in [5, 5.41) is 16.1. The summed E-state index contributed by atoms with van der Waals surface area (Å²) in [7, 11) is 1.99. The van der Waals surface area contributed by atoms with Crippen LogP contribution in [0.2, 0.25) is 0 Å². The van der Waals surface area contributed by atoms with E-state index in [9.17, 15) is 9.59 Å². The first-order valence-electron chi connectivity index (χ1n) is 6.29. The van der Waals surface area contributed by atoms with Gasteiger partial charge in [-0.25, -0.2) is 14.6 Å². The Morgan fingerprint density at radius 1 is 1.45 bits per heavy atom. The molecule has 0 spiro atoms. The summed E-state index contributed by atoms with van der Waals surface area (Å²) in [6.07, 6.45) is 0. The highest BCUT2D eigenvalue weighted by Crippen LogP contribution is 2.09. The fraction of sp³-hybridized carbons (Fsp3) is 0.583. The van der Waals surface area contributed by atoms with Crippen LogP contribution in [-0.2, 0) is 6.54 Å². The zero-order valence-electron chi connectivity index (χ0n) is 11.8. The number of thiazole rings is 1. The van der Waals surface area contributed by atoms with Crippen LogP contribution in [0, 0.1) is 0 Å². The lowest BCUT2D eigenvalue weighted by atomic mass is 10.3. The normalized spacial score (nSPS) is 10.8. The predicted molar refractivity (Wildman–Crippen MR) is 77.1 cm³/mol. The molecule has 0 atom stereocenters. The molecule has 0 aliphatic heterocycles. The molecule has 0 bridgehead atoms. The Labute approximate surface area is 122 Å². The molecule has 0 aromatic carbocycles. The van der Waals surface area contributed by atoms with Gasteiger partial charge in [0.25, 0.3) is 0 Å². The molecule has 7 nitrogen and oxygen atoms in total. The third-order valence-electron chi connectivity index (χ3n) is 2.80. The molecule has 20 heavy (non-hydrogen) atoms. The minimum absolute atomic E-state index is 0.00534. The van der Waals surface area contributed by atoms with E-state index >= 15 is 0 Å². The maximum atomic E-state index is 11.5. The fourth-order valence-electron chi connectivity index (χ4n) is 1.31. The lowest BCUT2D eigenvalue weighted by Gasteiger charge is -2.20. The van der Waals surface area contributed by atoms with Crippen molar-refractivity contribution >= 4 is 23.3 Å². The topological polar surface area (TPSA) is 94.6 Å². The molecule has 0 saturated heterocycles. The number of amides is 2. The number of rotatable bonds is 7. The lowest BCUT2D eigenvalue weighted by molar-refractivity contribution is 0.0691. The third kappa shape index (κ3) is 5.54. The maximum absolute atomic E-state index is 11.5. The highest BCUT2D eigenvalue weighted by atomic mass is 32.1. The largest absolute Gasteiger partial charge is 0.476 e. The number of nitrogens with zero attached hydrogens (tertiary/aromatic N) is 2. The summed E-state index contributed by atoms with van der Waals surface area (Å²) < 4.78 is 0. The second-order valence-electron chi connectivity index (χ2n) is 4.62. The quantitative estimate of drug-likeness (QED) is 0.698. The number of likely N-dealkylation sites (N-methyl/N-ethyl adjacent to an activating group) is 1. The van der Waals surface area contributed by atoms with Crippen LogP contribution in [0.25, 0.3) is 0 Å². The number of aromatic nitrogens is 1. The number of hydrogen-bond donors (Lipinski definition) is 3. The molecular formula is C12H20N4O3S. The summed E-state index contributed by atoms with van der Waals surface area (Å²) in [5.41, 5.74) is 0.00534. The summed E-state index contributed by atoms with van der Waals surface area (Å²) in [6.45, 7) is 5.72. The van der Waals surface area contributed by atoms with Gasteiger partial charge in [0, 0.05) is 24.5 Å². The SMILES string of the molecule is CC(C)N(C)CCNC(=O)NCc1nc(C(=O)O)cs1. The Hall–Kier alpha value is -1.67. The summed E-state index contributed by atoms with van der Waals surface area (Å²) in [4.78, 5) is 28.2. The van der Waals surface area contributed by atoms with Gasteiger partial charge in [-0.2, -0.15) is 0 Å². The van der Waals surface area contributed by atoms with Crippen molar-refractivity contribution in [2.75, 3.05) is 20.1 Å². The summed E-state index contributed by atoms with van der Waals surface area (Å²) >= 11 is 1.21. The average Bonchev–Trinajstić information content (AvgIpc) is 2.85. The Morgan fingerprint density at radius 2 is 2.15 bits per heavy atom. The van der Waals surface area contributed by atoms with E-state index in [2.05, 4.69) is 34.4 Å². The van der Waals surface area contributed by atoms with E-state index in [4.69, 9.17) is 5.11 Å². The minimum atomic E-state index is -1.06. The average molecular weight is 300 g/mol. The Kier molecular flexibility index (Phi) is 6.40. The van der Waals surface area contributed by atoms with Crippen molar-refractivity contribution in [2.24, 2.45) is 0 Å². The van der Waals surface area contributed by atoms with Gasteiger partial charge in [-0.3, -0.25) is 0 Å². The first-order chi connectivity index (χ1) is 9.40. The molecule has 1 aromatic heterocycles. The van der Waals surface area contributed by atoms with Gasteiger partial charge in [0.15, 0.2) is 5.69 Å². The van der Waals surface area contributed by atoms with E-state index in [1.807, 2.05) is 7.05 Å². The van der Waals surface area contributed by atoms with Crippen LogP contribution in [0.1, 0.15) is 29.3 Å². The van der Waals surface area contributed by atoms with Crippen molar-refractivity contribution in [1.29, 1.82) is 0 Å². The van der Waals surface area contributed by atoms with E-state index in [1.165, 1.54) is 16.7 Å². The molecule has 0 aliphatic carbocycles. The first kappa shape index (κ1) is 16.4. The number of hydrogen-bond acceptors (Lipinski definition) is 5. The Morgan fingerprint density at radius 3 is 2.70 bits per heavy atom. The van der Waals surface area contributed by atoms with Crippen LogP contribution in [-0.4, -0.2) is 53.2 Å². The minimum Gasteiger partial charge on any atom is -0.476 e. The molecule has 2 amide bonds. The molecule has 0 unspecified atom stereocenters. The number of carbonyl (C=O) groups is 2. The van der Waals surface area contributed by atoms with Crippen molar-refractivity contribution in [1.82, 2.24) is 20.5 Å². The van der Waals surface area contributed by atoms with Gasteiger partial charge < -0.3 is 20.6 Å². The Balaban J connectivity index is 2.24. The van der Waals surface area contributed by atoms with Crippen molar-refractivity contribution in [3.05, 3.63) is 16.1 Å². The van der Waals surface area contributed by atoms with Gasteiger partial charge in [0.1, 0.15) is 5.01 Å². The summed E-state index contributed by atoms with van der Waals surface area (Å²) in [5.74, 6) is -1.06. The maximum Gasteiger partial charge on any atom is 0.355 e. The van der Waals surface area contributed by atoms with Crippen LogP contribution in [0.5, 0.6) is 0 Å². The van der Waals surface area contributed by atoms with Crippen LogP contribution in [0.4, 0.5) is 4.79 Å². The van der Waals surface area contributed by atoms with Crippen LogP contribution >= 0.6 is 11.3 Å². The van der Waals surface area contributed by atoms with Crippen LogP contribution < -0.4 is 10.6 Å². The highest BCUT2D eigenvalue weighted by molar-refractivity contribution is 7.09. The summed E-state index contributed by atoms with van der Waals surface area (Å²) in [6, 6.07) is 0.152. The second kappa shape index (κ2) is 7.81. The molecule has 1 rings (SSSR count). The molecule has 0 saturated carbocycles. The van der Waals surface area contributed by atoms with Crippen molar-refractivity contribution in [3.63, 3.8) is 0 Å². The van der Waals surface area contributed by atoms with Gasteiger partial charge in [-0.05, 0) is 20.9 Å². The standard InChI is InChI=1S/C12H20N4O3S/c1-8(2)16(3)5-4-13-12(19)14-6-10-15-9(7-20-10)11(17)18/h7-8H,4-6H2,1-3H3,(H,17,18)(H2,13,14,19). The van der Waals surface area contributed by atoms with Crippen molar-refractivity contribution < 1.29 is 14.7 Å². The number of carboxylic acid groups (broad SMARTS) is 1. The molecule has 0 aliphatic rings. The molecule has 3 N–H and O–H groups in total. The molecule has 1 heterocycles. The van der Waals surface area contributed by atoms with E-state index in [-0.39, 0.29) is 18.3 Å². The number of carbonyl (C=O) groups excluding carboxylic acids is 1. The third-order valence-corrected chi connectivity index (χ3v) is 3.65. The smallest absolute Gasteiger partial charge is 0.355 e. The fourth-order valence-corrected chi connectivity index (χ4v) is 2.02. The first-order valence-corrected chi connectivity index (χ1v) is 7.17. The number of urea groups is 1. The van der Waals surface area contributed by atoms with Gasteiger partial charge in [-0.1, -0.05) is 0 Å². The molecule has 0 radical (unpaired) electrons. The predicted octanol–water partition coefficient (Wildman–Crippen LogP) is 0.981. The monoisotopic (exact) mass is 300 g/mol.